The van der Waals surface area contributed by atoms with Gasteiger partial charge in [0.15, 0.2) is 11.9 Å². The highest BCUT2D eigenvalue weighted by atomic mass is 32.1. The van der Waals surface area contributed by atoms with E-state index >= 15 is 0 Å². The van der Waals surface area contributed by atoms with Crippen LogP contribution >= 0.6 is 11.3 Å². The molecule has 3 rings (SSSR count). The molecule has 0 radical (unpaired) electrons. The highest BCUT2D eigenvalue weighted by molar-refractivity contribution is 7.13. The van der Waals surface area contributed by atoms with Gasteiger partial charge in [-0.25, -0.2) is 0 Å². The number of hydrogen-bond acceptors (Lipinski definition) is 5. The van der Waals surface area contributed by atoms with E-state index in [-0.39, 0.29) is 5.91 Å². The maximum atomic E-state index is 12.1. The number of thiophene rings is 1. The van der Waals surface area contributed by atoms with Gasteiger partial charge in [-0.2, -0.15) is 0 Å². The molecule has 3 aromatic rings. The Hall–Kier alpha value is -2.60. The molecule has 1 amide bonds. The molecule has 2 aromatic heterocycles. The highest BCUT2D eigenvalue weighted by Gasteiger charge is 2.15. The average molecular weight is 328 g/mol. The zero-order chi connectivity index (χ0) is 16.1. The van der Waals surface area contributed by atoms with Crippen LogP contribution in [-0.4, -0.2) is 17.2 Å². The molecule has 23 heavy (non-hydrogen) atoms. The van der Waals surface area contributed by atoms with E-state index in [2.05, 4.69) is 10.5 Å². The maximum absolute atomic E-state index is 12.1. The van der Waals surface area contributed by atoms with Crippen LogP contribution in [0.3, 0.4) is 0 Å². The molecule has 0 aliphatic rings. The Morgan fingerprint density at radius 3 is 2.87 bits per heavy atom. The average Bonchev–Trinajstić information content (AvgIpc) is 3.24. The van der Waals surface area contributed by atoms with Gasteiger partial charge in [-0.1, -0.05) is 29.4 Å². The lowest BCUT2D eigenvalue weighted by Crippen LogP contribution is -2.35. The first kappa shape index (κ1) is 15.3. The summed E-state index contributed by atoms with van der Waals surface area (Å²) in [6.45, 7) is 2.01. The van der Waals surface area contributed by atoms with Gasteiger partial charge in [0.05, 0.1) is 11.4 Å². The first-order valence-corrected chi connectivity index (χ1v) is 8.09. The molecule has 0 aliphatic carbocycles. The van der Waals surface area contributed by atoms with Crippen molar-refractivity contribution in [3.05, 3.63) is 59.6 Å². The molecule has 1 N–H and O–H groups in total. The Labute approximate surface area is 137 Å². The Morgan fingerprint density at radius 1 is 1.30 bits per heavy atom. The fourth-order valence-corrected chi connectivity index (χ4v) is 2.68. The summed E-state index contributed by atoms with van der Waals surface area (Å²) in [4.78, 5) is 13.1. The van der Waals surface area contributed by atoms with Crippen LogP contribution in [0.15, 0.2) is 58.4 Å². The predicted octanol–water partition coefficient (Wildman–Crippen LogP) is 3.49. The number of rotatable bonds is 6. The highest BCUT2D eigenvalue weighted by Crippen LogP contribution is 2.25. The van der Waals surface area contributed by atoms with Crippen molar-refractivity contribution < 1.29 is 14.1 Å². The van der Waals surface area contributed by atoms with Gasteiger partial charge >= 0.3 is 0 Å². The molecule has 1 atom stereocenters. The van der Waals surface area contributed by atoms with Crippen LogP contribution < -0.4 is 10.1 Å². The van der Waals surface area contributed by atoms with E-state index in [1.807, 2.05) is 53.9 Å². The molecule has 1 aromatic carbocycles. The summed E-state index contributed by atoms with van der Waals surface area (Å²) >= 11 is 1.58. The molecule has 2 heterocycles. The lowest BCUT2D eigenvalue weighted by molar-refractivity contribution is -0.127. The summed E-state index contributed by atoms with van der Waals surface area (Å²) in [7, 11) is 0. The fourth-order valence-electron chi connectivity index (χ4n) is 2.01. The van der Waals surface area contributed by atoms with Crippen molar-refractivity contribution in [2.45, 2.75) is 19.6 Å². The maximum Gasteiger partial charge on any atom is 0.261 e. The normalized spacial score (nSPS) is 11.9. The molecule has 0 spiro atoms. The first-order chi connectivity index (χ1) is 11.2. The minimum absolute atomic E-state index is 0.200. The van der Waals surface area contributed by atoms with E-state index < -0.39 is 6.10 Å². The van der Waals surface area contributed by atoms with Crippen molar-refractivity contribution in [3.63, 3.8) is 0 Å². The molecular formula is C17H16N2O3S. The molecule has 118 valence electrons. The number of amides is 1. The summed E-state index contributed by atoms with van der Waals surface area (Å²) < 4.78 is 10.8. The number of nitrogens with one attached hydrogen (secondary N) is 1. The van der Waals surface area contributed by atoms with Gasteiger partial charge in [-0.3, -0.25) is 4.79 Å². The Kier molecular flexibility index (Phi) is 4.73. The van der Waals surface area contributed by atoms with Crippen LogP contribution in [0.2, 0.25) is 0 Å². The lowest BCUT2D eigenvalue weighted by atomic mass is 10.3. The molecule has 0 aliphatic heterocycles. The number of hydrogen-bond donors (Lipinski definition) is 1. The SMILES string of the molecule is C[C@H](Oc1ccccc1)C(=O)NCc1cc(-c2cccs2)on1. The third kappa shape index (κ3) is 3.98. The van der Waals surface area contributed by atoms with E-state index in [9.17, 15) is 4.79 Å². The van der Waals surface area contributed by atoms with Crippen LogP contribution in [-0.2, 0) is 11.3 Å². The van der Waals surface area contributed by atoms with Crippen LogP contribution in [0.1, 0.15) is 12.6 Å². The molecule has 0 unspecified atom stereocenters. The standard InChI is InChI=1S/C17H16N2O3S/c1-12(21-14-6-3-2-4-7-14)17(20)18-11-13-10-15(22-19-13)16-8-5-9-23-16/h2-10,12H,11H2,1H3,(H,18,20)/t12-/m0/s1. The van der Waals surface area contributed by atoms with Crippen LogP contribution in [0.5, 0.6) is 5.75 Å². The molecule has 0 saturated heterocycles. The fraction of sp³-hybridized carbons (Fsp3) is 0.176. The van der Waals surface area contributed by atoms with Crippen LogP contribution in [0, 0.1) is 0 Å². The summed E-state index contributed by atoms with van der Waals surface area (Å²) in [6.07, 6.45) is -0.582. The number of benzene rings is 1. The number of aromatic nitrogens is 1. The van der Waals surface area contributed by atoms with Gasteiger partial charge in [-0.05, 0) is 30.5 Å². The van der Waals surface area contributed by atoms with E-state index in [0.29, 0.717) is 23.7 Å². The third-order valence-electron chi connectivity index (χ3n) is 3.19. The van der Waals surface area contributed by atoms with Crippen LogP contribution in [0.4, 0.5) is 0 Å². The van der Waals surface area contributed by atoms with Crippen molar-refractivity contribution in [3.8, 4) is 16.4 Å². The Bertz CT molecular complexity index is 753. The van der Waals surface area contributed by atoms with Gasteiger partial charge in [0.25, 0.3) is 5.91 Å². The minimum atomic E-state index is -0.582. The second kappa shape index (κ2) is 7.11. The summed E-state index contributed by atoms with van der Waals surface area (Å²) in [5, 5.41) is 8.73. The minimum Gasteiger partial charge on any atom is -0.481 e. The largest absolute Gasteiger partial charge is 0.481 e. The van der Waals surface area contributed by atoms with Gasteiger partial charge in [0, 0.05) is 6.07 Å². The second-order valence-electron chi connectivity index (χ2n) is 4.95. The van der Waals surface area contributed by atoms with Crippen molar-refractivity contribution in [1.82, 2.24) is 10.5 Å². The predicted molar refractivity (Wildman–Crippen MR) is 88.2 cm³/mol. The molecule has 6 heteroatoms. The topological polar surface area (TPSA) is 64.4 Å². The number of ether oxygens (including phenoxy) is 1. The van der Waals surface area contributed by atoms with Crippen molar-refractivity contribution >= 4 is 17.2 Å². The molecule has 5 nitrogen and oxygen atoms in total. The molecule has 0 bridgehead atoms. The summed E-state index contributed by atoms with van der Waals surface area (Å²) in [5.74, 6) is 1.17. The lowest BCUT2D eigenvalue weighted by Gasteiger charge is -2.13. The van der Waals surface area contributed by atoms with Gasteiger partial charge in [0.2, 0.25) is 0 Å². The summed E-state index contributed by atoms with van der Waals surface area (Å²) in [5.41, 5.74) is 0.675. The van der Waals surface area contributed by atoms with Gasteiger partial charge in [-0.15, -0.1) is 11.3 Å². The van der Waals surface area contributed by atoms with Crippen molar-refractivity contribution in [1.29, 1.82) is 0 Å². The molecule has 0 fully saturated rings. The number of carbonyl (C=O) groups is 1. The summed E-state index contributed by atoms with van der Waals surface area (Å²) in [6, 6.07) is 15.0. The number of nitrogens with zero attached hydrogens (tertiary/aromatic N) is 1. The Morgan fingerprint density at radius 2 is 2.13 bits per heavy atom. The van der Waals surface area contributed by atoms with E-state index in [4.69, 9.17) is 9.26 Å². The number of para-hydroxylation sites is 1. The van der Waals surface area contributed by atoms with Crippen molar-refractivity contribution in [2.24, 2.45) is 0 Å². The number of carbonyl (C=O) groups excluding carboxylic acids is 1. The molecular weight excluding hydrogens is 312 g/mol. The monoisotopic (exact) mass is 328 g/mol. The van der Waals surface area contributed by atoms with E-state index in [1.165, 1.54) is 0 Å². The van der Waals surface area contributed by atoms with Crippen molar-refractivity contribution in [2.75, 3.05) is 0 Å². The van der Waals surface area contributed by atoms with Gasteiger partial charge < -0.3 is 14.6 Å². The Balaban J connectivity index is 1.52. The third-order valence-corrected chi connectivity index (χ3v) is 4.08. The first-order valence-electron chi connectivity index (χ1n) is 7.21. The van der Waals surface area contributed by atoms with Gasteiger partial charge in [0.1, 0.15) is 11.4 Å². The zero-order valence-corrected chi connectivity index (χ0v) is 13.4. The van der Waals surface area contributed by atoms with E-state index in [1.54, 1.807) is 18.3 Å². The van der Waals surface area contributed by atoms with Crippen LogP contribution in [0.25, 0.3) is 10.6 Å². The smallest absolute Gasteiger partial charge is 0.261 e. The van der Waals surface area contributed by atoms with E-state index in [0.717, 1.165) is 4.88 Å². The second-order valence-corrected chi connectivity index (χ2v) is 5.90. The molecule has 0 saturated carbocycles. The zero-order valence-electron chi connectivity index (χ0n) is 12.6. The quantitative estimate of drug-likeness (QED) is 0.752.